The van der Waals surface area contributed by atoms with Crippen molar-refractivity contribution in [3.63, 3.8) is 0 Å². The largest absolute Gasteiger partial charge is 0.507 e. The number of carbonyl (C=O) groups excluding carboxylic acids is 2. The predicted molar refractivity (Wildman–Crippen MR) is 54.0 cm³/mol. The molecule has 0 heterocycles. The zero-order chi connectivity index (χ0) is 13.0. The highest BCUT2D eigenvalue weighted by atomic mass is 19.1. The van der Waals surface area contributed by atoms with Crippen LogP contribution in [0.4, 0.5) is 8.78 Å². The van der Waals surface area contributed by atoms with Crippen molar-refractivity contribution in [2.75, 3.05) is 7.11 Å². The molecule has 1 aromatic rings. The van der Waals surface area contributed by atoms with E-state index in [-0.39, 0.29) is 5.56 Å². The summed E-state index contributed by atoms with van der Waals surface area (Å²) in [5.41, 5.74) is -0.386. The number of ether oxygens (including phenoxy) is 1. The van der Waals surface area contributed by atoms with Crippen molar-refractivity contribution in [2.45, 2.75) is 0 Å². The summed E-state index contributed by atoms with van der Waals surface area (Å²) in [7, 11) is 0.990. The second-order valence-corrected chi connectivity index (χ2v) is 3.01. The molecule has 4 nitrogen and oxygen atoms in total. The number of aliphatic hydroxyl groups excluding tert-OH is 1. The van der Waals surface area contributed by atoms with Crippen molar-refractivity contribution < 1.29 is 28.2 Å². The lowest BCUT2D eigenvalue weighted by atomic mass is 10.1. The van der Waals surface area contributed by atoms with Crippen LogP contribution in [0, 0.1) is 11.6 Å². The molecule has 0 bridgehead atoms. The first-order valence-corrected chi connectivity index (χ1v) is 4.44. The van der Waals surface area contributed by atoms with Gasteiger partial charge in [-0.15, -0.1) is 0 Å². The van der Waals surface area contributed by atoms with Crippen molar-refractivity contribution in [3.8, 4) is 0 Å². The number of hydrogen-bond donors (Lipinski definition) is 1. The molecular formula is C11H8F2O4. The van der Waals surface area contributed by atoms with Gasteiger partial charge >= 0.3 is 5.97 Å². The van der Waals surface area contributed by atoms with E-state index >= 15 is 0 Å². The zero-order valence-corrected chi connectivity index (χ0v) is 8.74. The maximum absolute atomic E-state index is 13.2. The predicted octanol–water partition coefficient (Wildman–Crippen LogP) is 1.61. The van der Waals surface area contributed by atoms with Gasteiger partial charge in [-0.3, -0.25) is 4.79 Å². The summed E-state index contributed by atoms with van der Waals surface area (Å²) in [5.74, 6) is -4.99. The molecular weight excluding hydrogens is 234 g/mol. The zero-order valence-electron chi connectivity index (χ0n) is 8.74. The Bertz CT molecular complexity index is 494. The Morgan fingerprint density at radius 1 is 1.35 bits per heavy atom. The minimum absolute atomic E-state index is 0.386. The highest BCUT2D eigenvalue weighted by Gasteiger charge is 2.15. The van der Waals surface area contributed by atoms with E-state index < -0.39 is 29.1 Å². The summed E-state index contributed by atoms with van der Waals surface area (Å²) in [4.78, 5) is 21.8. The van der Waals surface area contributed by atoms with Crippen molar-refractivity contribution in [1.82, 2.24) is 0 Å². The number of rotatable bonds is 3. The van der Waals surface area contributed by atoms with Crippen molar-refractivity contribution in [2.24, 2.45) is 0 Å². The molecule has 0 saturated heterocycles. The lowest BCUT2D eigenvalue weighted by molar-refractivity contribution is -0.149. The van der Waals surface area contributed by atoms with E-state index in [1.165, 1.54) is 0 Å². The average molecular weight is 242 g/mol. The monoisotopic (exact) mass is 242 g/mol. The lowest BCUT2D eigenvalue weighted by Gasteiger charge is -2.01. The number of ketones is 1. The van der Waals surface area contributed by atoms with Crippen LogP contribution in [-0.2, 0) is 14.3 Å². The first-order valence-electron chi connectivity index (χ1n) is 4.44. The molecule has 0 radical (unpaired) electrons. The third-order valence-electron chi connectivity index (χ3n) is 1.86. The second-order valence-electron chi connectivity index (χ2n) is 3.01. The fourth-order valence-electron chi connectivity index (χ4n) is 1.06. The smallest absolute Gasteiger partial charge is 0.378 e. The molecule has 0 aliphatic heterocycles. The van der Waals surface area contributed by atoms with Crippen LogP contribution >= 0.6 is 0 Å². The molecule has 0 fully saturated rings. The molecule has 0 aromatic heterocycles. The standard InChI is InChI=1S/C11H8F2O4/c1-17-11(16)10(15)5-9(14)7-3-2-6(12)4-8(7)13/h2-5,14H,1H3/b9-5-. The van der Waals surface area contributed by atoms with Gasteiger partial charge in [-0.2, -0.15) is 0 Å². The van der Waals surface area contributed by atoms with Gasteiger partial charge < -0.3 is 9.84 Å². The van der Waals surface area contributed by atoms with Gasteiger partial charge in [0.1, 0.15) is 17.4 Å². The molecule has 1 aromatic carbocycles. The van der Waals surface area contributed by atoms with Gasteiger partial charge in [0.05, 0.1) is 12.7 Å². The summed E-state index contributed by atoms with van der Waals surface area (Å²) >= 11 is 0. The molecule has 17 heavy (non-hydrogen) atoms. The molecule has 0 atom stereocenters. The molecule has 0 aliphatic rings. The van der Waals surface area contributed by atoms with Crippen LogP contribution in [0.1, 0.15) is 5.56 Å². The number of halogens is 2. The first-order chi connectivity index (χ1) is 7.95. The number of esters is 1. The Morgan fingerprint density at radius 2 is 2.00 bits per heavy atom. The first kappa shape index (κ1) is 12.8. The van der Waals surface area contributed by atoms with Gasteiger partial charge in [-0.25, -0.2) is 13.6 Å². The number of methoxy groups -OCH3 is 1. The highest BCUT2D eigenvalue weighted by molar-refractivity contribution is 6.39. The molecule has 6 heteroatoms. The van der Waals surface area contributed by atoms with Gasteiger partial charge in [0, 0.05) is 12.1 Å². The van der Waals surface area contributed by atoms with Crippen LogP contribution in [0.15, 0.2) is 24.3 Å². The third-order valence-corrected chi connectivity index (χ3v) is 1.86. The Labute approximate surface area is 95.1 Å². The van der Waals surface area contributed by atoms with Crippen LogP contribution in [0.2, 0.25) is 0 Å². The fourth-order valence-corrected chi connectivity index (χ4v) is 1.06. The number of carbonyl (C=O) groups is 2. The Hall–Kier alpha value is -2.24. The minimum atomic E-state index is -1.20. The van der Waals surface area contributed by atoms with Crippen molar-refractivity contribution in [1.29, 1.82) is 0 Å². The van der Waals surface area contributed by atoms with E-state index in [4.69, 9.17) is 0 Å². The summed E-state index contributed by atoms with van der Waals surface area (Å²) in [6, 6.07) is 2.40. The van der Waals surface area contributed by atoms with E-state index in [0.29, 0.717) is 12.1 Å². The molecule has 0 aliphatic carbocycles. The van der Waals surface area contributed by atoms with E-state index in [0.717, 1.165) is 19.2 Å². The average Bonchev–Trinajstić information content (AvgIpc) is 2.27. The van der Waals surface area contributed by atoms with Crippen LogP contribution < -0.4 is 0 Å². The second kappa shape index (κ2) is 5.20. The Balaban J connectivity index is 3.04. The lowest BCUT2D eigenvalue weighted by Crippen LogP contribution is -2.13. The Morgan fingerprint density at radius 3 is 2.53 bits per heavy atom. The fraction of sp³-hybridized carbons (Fsp3) is 0.0909. The molecule has 90 valence electrons. The van der Waals surface area contributed by atoms with Crippen LogP contribution in [0.25, 0.3) is 5.76 Å². The van der Waals surface area contributed by atoms with Crippen LogP contribution in [0.5, 0.6) is 0 Å². The summed E-state index contributed by atoms with van der Waals surface area (Å²) < 4.78 is 29.8. The van der Waals surface area contributed by atoms with E-state index in [9.17, 15) is 23.5 Å². The van der Waals surface area contributed by atoms with E-state index in [1.807, 2.05) is 0 Å². The molecule has 0 unspecified atom stereocenters. The van der Waals surface area contributed by atoms with Gasteiger partial charge in [0.2, 0.25) is 0 Å². The molecule has 1 rings (SSSR count). The maximum Gasteiger partial charge on any atom is 0.378 e. The maximum atomic E-state index is 13.2. The SMILES string of the molecule is COC(=O)C(=O)/C=C(\O)c1ccc(F)cc1F. The summed E-state index contributed by atoms with van der Waals surface area (Å²) in [5, 5.41) is 9.38. The van der Waals surface area contributed by atoms with Crippen LogP contribution in [-0.4, -0.2) is 24.0 Å². The quantitative estimate of drug-likeness (QED) is 0.378. The third kappa shape index (κ3) is 3.10. The van der Waals surface area contributed by atoms with Gasteiger partial charge in [0.15, 0.2) is 0 Å². The van der Waals surface area contributed by atoms with Crippen molar-refractivity contribution in [3.05, 3.63) is 41.5 Å². The van der Waals surface area contributed by atoms with Gasteiger partial charge in [-0.1, -0.05) is 0 Å². The van der Waals surface area contributed by atoms with Crippen LogP contribution in [0.3, 0.4) is 0 Å². The van der Waals surface area contributed by atoms with Gasteiger partial charge in [0.25, 0.3) is 5.78 Å². The molecule has 0 spiro atoms. The van der Waals surface area contributed by atoms with Gasteiger partial charge in [-0.05, 0) is 12.1 Å². The normalized spacial score (nSPS) is 11.1. The Kier molecular flexibility index (Phi) is 3.92. The molecule has 0 saturated carbocycles. The highest BCUT2D eigenvalue weighted by Crippen LogP contribution is 2.16. The minimum Gasteiger partial charge on any atom is -0.507 e. The summed E-state index contributed by atoms with van der Waals surface area (Å²) in [6.07, 6.45) is 0.502. The molecule has 1 N–H and O–H groups in total. The number of benzene rings is 1. The van der Waals surface area contributed by atoms with E-state index in [1.54, 1.807) is 0 Å². The summed E-state index contributed by atoms with van der Waals surface area (Å²) in [6.45, 7) is 0. The number of aliphatic hydroxyl groups is 1. The van der Waals surface area contributed by atoms with Crippen molar-refractivity contribution >= 4 is 17.5 Å². The van der Waals surface area contributed by atoms with E-state index in [2.05, 4.69) is 4.74 Å². The molecule has 0 amide bonds. The topological polar surface area (TPSA) is 63.6 Å². The number of hydrogen-bond acceptors (Lipinski definition) is 4.